The number of hydrogen-bond donors (Lipinski definition) is 1. The third-order valence-corrected chi connectivity index (χ3v) is 3.89. The molecule has 2 heteroatoms. The molecule has 0 spiro atoms. The highest BCUT2D eigenvalue weighted by Crippen LogP contribution is 2.27. The van der Waals surface area contributed by atoms with E-state index < -0.39 is 0 Å². The fraction of sp³-hybridized carbons (Fsp3) is 0.571. The van der Waals surface area contributed by atoms with Gasteiger partial charge in [0.1, 0.15) is 0 Å². The van der Waals surface area contributed by atoms with E-state index in [1.54, 1.807) is 0 Å². The van der Waals surface area contributed by atoms with Crippen LogP contribution in [0.15, 0.2) is 18.2 Å². The number of nitrogens with two attached hydrogens (primary N) is 1. The van der Waals surface area contributed by atoms with Gasteiger partial charge in [-0.2, -0.15) is 0 Å². The third-order valence-electron chi connectivity index (χ3n) is 3.89. The Balaban J connectivity index is 2.22. The molecule has 0 amide bonds. The molecule has 2 N–H and O–H groups in total. The Bertz CT molecular complexity index is 373. The molecule has 1 heterocycles. The second-order valence-electron chi connectivity index (χ2n) is 5.09. The quantitative estimate of drug-likeness (QED) is 0.784. The molecule has 0 radical (unpaired) electrons. The standard InChI is InChI=1S/C14H22N2/c1-10-5-4-6-14(12(10)3)16-8-7-13(15)11(2)9-16/h4-6,11,13H,7-9,15H2,1-3H3. The molecule has 1 saturated heterocycles. The number of rotatable bonds is 1. The molecular formula is C14H22N2. The van der Waals surface area contributed by atoms with Crippen molar-refractivity contribution in [3.8, 4) is 0 Å². The van der Waals surface area contributed by atoms with Crippen molar-refractivity contribution in [1.29, 1.82) is 0 Å². The van der Waals surface area contributed by atoms with Gasteiger partial charge in [-0.3, -0.25) is 0 Å². The summed E-state index contributed by atoms with van der Waals surface area (Å²) in [6.07, 6.45) is 1.11. The van der Waals surface area contributed by atoms with Crippen molar-refractivity contribution in [1.82, 2.24) is 0 Å². The highest BCUT2D eigenvalue weighted by Gasteiger charge is 2.23. The predicted octanol–water partition coefficient (Wildman–Crippen LogP) is 2.48. The molecule has 0 aromatic heterocycles. The summed E-state index contributed by atoms with van der Waals surface area (Å²) >= 11 is 0. The summed E-state index contributed by atoms with van der Waals surface area (Å²) in [6, 6.07) is 6.93. The number of nitrogens with zero attached hydrogens (tertiary/aromatic N) is 1. The van der Waals surface area contributed by atoms with Gasteiger partial charge >= 0.3 is 0 Å². The number of hydrogen-bond acceptors (Lipinski definition) is 2. The van der Waals surface area contributed by atoms with Gasteiger partial charge in [0.15, 0.2) is 0 Å². The number of anilines is 1. The zero-order valence-corrected chi connectivity index (χ0v) is 10.5. The molecular weight excluding hydrogens is 196 g/mol. The Morgan fingerprint density at radius 1 is 1.31 bits per heavy atom. The van der Waals surface area contributed by atoms with Crippen molar-refractivity contribution in [2.24, 2.45) is 11.7 Å². The van der Waals surface area contributed by atoms with E-state index in [-0.39, 0.29) is 0 Å². The maximum absolute atomic E-state index is 6.06. The highest BCUT2D eigenvalue weighted by molar-refractivity contribution is 5.56. The Kier molecular flexibility index (Phi) is 3.20. The van der Waals surface area contributed by atoms with E-state index in [1.807, 2.05) is 0 Å². The first kappa shape index (κ1) is 11.5. The zero-order valence-electron chi connectivity index (χ0n) is 10.5. The van der Waals surface area contributed by atoms with E-state index in [0.29, 0.717) is 12.0 Å². The van der Waals surface area contributed by atoms with Crippen LogP contribution < -0.4 is 10.6 Å². The molecule has 0 saturated carbocycles. The van der Waals surface area contributed by atoms with Gasteiger partial charge in [-0.1, -0.05) is 19.1 Å². The van der Waals surface area contributed by atoms with Crippen molar-refractivity contribution in [3.63, 3.8) is 0 Å². The first-order chi connectivity index (χ1) is 7.59. The van der Waals surface area contributed by atoms with Crippen LogP contribution in [0.2, 0.25) is 0 Å². The molecule has 2 unspecified atom stereocenters. The summed E-state index contributed by atoms with van der Waals surface area (Å²) in [4.78, 5) is 2.48. The van der Waals surface area contributed by atoms with E-state index in [9.17, 15) is 0 Å². The molecule has 2 nitrogen and oxygen atoms in total. The Hall–Kier alpha value is -1.02. The highest BCUT2D eigenvalue weighted by atomic mass is 15.1. The minimum absolute atomic E-state index is 0.376. The van der Waals surface area contributed by atoms with E-state index in [1.165, 1.54) is 16.8 Å². The zero-order chi connectivity index (χ0) is 11.7. The average molecular weight is 218 g/mol. The summed E-state index contributed by atoms with van der Waals surface area (Å²) in [6.45, 7) is 8.82. The van der Waals surface area contributed by atoms with Crippen LogP contribution in [0.5, 0.6) is 0 Å². The average Bonchev–Trinajstić information content (AvgIpc) is 2.26. The van der Waals surface area contributed by atoms with Gasteiger partial charge in [0, 0.05) is 24.8 Å². The first-order valence-corrected chi connectivity index (χ1v) is 6.16. The van der Waals surface area contributed by atoms with E-state index in [4.69, 9.17) is 5.73 Å². The van der Waals surface area contributed by atoms with Crippen LogP contribution in [0.3, 0.4) is 0 Å². The predicted molar refractivity (Wildman–Crippen MR) is 69.9 cm³/mol. The maximum Gasteiger partial charge on any atom is 0.0398 e. The Morgan fingerprint density at radius 3 is 2.75 bits per heavy atom. The Morgan fingerprint density at radius 2 is 2.06 bits per heavy atom. The second kappa shape index (κ2) is 4.46. The third kappa shape index (κ3) is 2.07. The lowest BCUT2D eigenvalue weighted by molar-refractivity contribution is 0.382. The molecule has 1 fully saturated rings. The summed E-state index contributed by atoms with van der Waals surface area (Å²) < 4.78 is 0. The molecule has 1 aliphatic rings. The lowest BCUT2D eigenvalue weighted by Crippen LogP contribution is -2.46. The molecule has 1 aliphatic heterocycles. The fourth-order valence-corrected chi connectivity index (χ4v) is 2.46. The van der Waals surface area contributed by atoms with Gasteiger partial charge in [-0.05, 0) is 43.4 Å². The van der Waals surface area contributed by atoms with E-state index >= 15 is 0 Å². The lowest BCUT2D eigenvalue weighted by atomic mass is 9.93. The SMILES string of the molecule is Cc1cccc(N2CCC(N)C(C)C2)c1C. The molecule has 0 bridgehead atoms. The molecule has 88 valence electrons. The molecule has 2 rings (SSSR count). The van der Waals surface area contributed by atoms with Crippen molar-refractivity contribution in [2.45, 2.75) is 33.2 Å². The van der Waals surface area contributed by atoms with Crippen LogP contribution in [-0.2, 0) is 0 Å². The van der Waals surface area contributed by atoms with Crippen LogP contribution in [-0.4, -0.2) is 19.1 Å². The number of aryl methyl sites for hydroxylation is 1. The summed E-state index contributed by atoms with van der Waals surface area (Å²) in [5, 5.41) is 0. The van der Waals surface area contributed by atoms with Crippen LogP contribution in [0.25, 0.3) is 0 Å². The maximum atomic E-state index is 6.06. The largest absolute Gasteiger partial charge is 0.371 e. The van der Waals surface area contributed by atoms with Gasteiger partial charge in [0.25, 0.3) is 0 Å². The Labute approximate surface area is 98.4 Å². The van der Waals surface area contributed by atoms with Gasteiger partial charge in [0.2, 0.25) is 0 Å². The smallest absolute Gasteiger partial charge is 0.0398 e. The van der Waals surface area contributed by atoms with Crippen LogP contribution in [0.1, 0.15) is 24.5 Å². The van der Waals surface area contributed by atoms with Gasteiger partial charge in [-0.15, -0.1) is 0 Å². The molecule has 0 aliphatic carbocycles. The van der Waals surface area contributed by atoms with Gasteiger partial charge in [-0.25, -0.2) is 0 Å². The summed E-state index contributed by atoms with van der Waals surface area (Å²) in [7, 11) is 0. The number of piperidine rings is 1. The van der Waals surface area contributed by atoms with Crippen molar-refractivity contribution < 1.29 is 0 Å². The molecule has 16 heavy (non-hydrogen) atoms. The number of benzene rings is 1. The topological polar surface area (TPSA) is 29.3 Å². The van der Waals surface area contributed by atoms with Gasteiger partial charge < -0.3 is 10.6 Å². The fourth-order valence-electron chi connectivity index (χ4n) is 2.46. The minimum Gasteiger partial charge on any atom is -0.371 e. The first-order valence-electron chi connectivity index (χ1n) is 6.16. The normalized spacial score (nSPS) is 25.9. The lowest BCUT2D eigenvalue weighted by Gasteiger charge is -2.37. The minimum atomic E-state index is 0.376. The van der Waals surface area contributed by atoms with E-state index in [2.05, 4.69) is 43.9 Å². The molecule has 1 aromatic carbocycles. The van der Waals surface area contributed by atoms with Crippen molar-refractivity contribution >= 4 is 5.69 Å². The molecule has 1 aromatic rings. The van der Waals surface area contributed by atoms with Crippen molar-refractivity contribution in [3.05, 3.63) is 29.3 Å². The van der Waals surface area contributed by atoms with E-state index in [0.717, 1.165) is 19.5 Å². The van der Waals surface area contributed by atoms with Gasteiger partial charge in [0.05, 0.1) is 0 Å². The second-order valence-corrected chi connectivity index (χ2v) is 5.09. The van der Waals surface area contributed by atoms with Crippen LogP contribution in [0.4, 0.5) is 5.69 Å². The monoisotopic (exact) mass is 218 g/mol. The van der Waals surface area contributed by atoms with Crippen LogP contribution in [0, 0.1) is 19.8 Å². The summed E-state index contributed by atoms with van der Waals surface area (Å²) in [5.74, 6) is 0.591. The van der Waals surface area contributed by atoms with Crippen molar-refractivity contribution in [2.75, 3.05) is 18.0 Å². The van der Waals surface area contributed by atoms with Crippen LogP contribution >= 0.6 is 0 Å². The molecule has 2 atom stereocenters. The summed E-state index contributed by atoms with van der Waals surface area (Å²) in [5.41, 5.74) is 10.2.